The first-order valence-corrected chi connectivity index (χ1v) is 22.0. The highest BCUT2D eigenvalue weighted by atomic mass is 16.4. The lowest BCUT2D eigenvalue weighted by atomic mass is 10.1. The Morgan fingerprint density at radius 2 is 0.910 bits per heavy atom. The monoisotopic (exact) mass is 951 g/mol. The molecule has 25 heteroatoms. The molecule has 11 N–H and O–H groups in total. The van der Waals surface area contributed by atoms with Gasteiger partial charge in [0.15, 0.2) is 0 Å². The Morgan fingerprint density at radius 1 is 0.463 bits per heavy atom. The van der Waals surface area contributed by atoms with Crippen molar-refractivity contribution < 1.29 is 78.6 Å². The molecule has 2 rings (SSSR count). The van der Waals surface area contributed by atoms with Crippen LogP contribution >= 0.6 is 0 Å². The van der Waals surface area contributed by atoms with E-state index < -0.39 is 60.4 Å². The van der Waals surface area contributed by atoms with Crippen molar-refractivity contribution in [2.45, 2.75) is 76.4 Å². The third-order valence-corrected chi connectivity index (χ3v) is 10.5. The van der Waals surface area contributed by atoms with E-state index in [1.807, 2.05) is 4.90 Å². The van der Waals surface area contributed by atoms with Gasteiger partial charge in [-0.2, -0.15) is 0 Å². The van der Waals surface area contributed by atoms with Crippen LogP contribution in [0, 0.1) is 0 Å². The first-order chi connectivity index (χ1) is 31.8. The Labute approximate surface area is 387 Å². The second-order valence-corrected chi connectivity index (χ2v) is 16.0. The number of rotatable bonds is 29. The van der Waals surface area contributed by atoms with E-state index >= 15 is 0 Å². The van der Waals surface area contributed by atoms with Gasteiger partial charge in [-0.25, -0.2) is 14.4 Å². The fourth-order valence-corrected chi connectivity index (χ4v) is 6.84. The van der Waals surface area contributed by atoms with Crippen LogP contribution in [0.2, 0.25) is 0 Å². The molecule has 0 bridgehead atoms. The van der Waals surface area contributed by atoms with Crippen molar-refractivity contribution in [3.05, 3.63) is 35.4 Å². The molecule has 2 atom stereocenters. The van der Waals surface area contributed by atoms with Gasteiger partial charge >= 0.3 is 41.8 Å². The molecule has 1 saturated heterocycles. The van der Waals surface area contributed by atoms with Crippen molar-refractivity contribution >= 4 is 59.6 Å². The predicted molar refractivity (Wildman–Crippen MR) is 236 cm³/mol. The molecule has 25 nitrogen and oxygen atoms in total. The molecule has 0 radical (unpaired) electrons. The molecule has 374 valence electrons. The SMILES string of the molecule is O=C(O)CC[C@H](NC(=O)N[C@@H](CCCCNC(=O)CCCCCNC(=O)c1ccc(CNC(=O)CN2CCN(CC(=O)O)CCN(CC(=O)O)CCN(CC(=O)O)CC2)cc1)C(=O)O)C(=O)O. The summed E-state index contributed by atoms with van der Waals surface area (Å²) >= 11 is 0. The molecule has 1 aliphatic heterocycles. The summed E-state index contributed by atoms with van der Waals surface area (Å²) in [6.45, 7) is 2.13. The number of unbranched alkanes of at least 4 members (excludes halogenated alkanes) is 3. The highest BCUT2D eigenvalue weighted by Gasteiger charge is 2.25. The molecule has 1 aliphatic rings. The van der Waals surface area contributed by atoms with E-state index in [2.05, 4.69) is 26.6 Å². The number of nitrogens with one attached hydrogen (secondary N) is 5. The van der Waals surface area contributed by atoms with Crippen LogP contribution in [-0.2, 0) is 44.9 Å². The Hall–Kier alpha value is -6.44. The standard InChI is InChI=1S/C42H65N9O16/c52-33(43-14-5-3-6-31(40(63)64)46-42(67)47-32(41(65)66)12-13-35(54)55)7-2-1-4-15-44-39(62)30-10-8-29(9-11-30)24-45-34(53)25-48-16-18-49(26-36(56)57)20-22-51(28-38(60)61)23-21-50(19-17-48)27-37(58)59/h8-11,31-32H,1-7,12-28H2,(H,43,52)(H,44,62)(H,45,53)(H,54,55)(H,56,57)(H,58,59)(H,60,61)(H,63,64)(H,65,66)(H2,46,47,67)/t31-,32-/m0/s1. The summed E-state index contributed by atoms with van der Waals surface area (Å²) in [5, 5.41) is 68.2. The molecule has 1 aromatic carbocycles. The highest BCUT2D eigenvalue weighted by Crippen LogP contribution is 2.08. The van der Waals surface area contributed by atoms with Crippen molar-refractivity contribution in [2.24, 2.45) is 0 Å². The maximum Gasteiger partial charge on any atom is 0.326 e. The molecule has 0 aromatic heterocycles. The Balaban J connectivity index is 1.71. The quantitative estimate of drug-likeness (QED) is 0.0404. The van der Waals surface area contributed by atoms with Crippen LogP contribution in [0.25, 0.3) is 0 Å². The zero-order valence-corrected chi connectivity index (χ0v) is 37.5. The van der Waals surface area contributed by atoms with Gasteiger partial charge in [-0.05, 0) is 56.2 Å². The first kappa shape index (κ1) is 56.7. The maximum atomic E-state index is 13.1. The zero-order valence-electron chi connectivity index (χ0n) is 37.5. The number of amides is 5. The number of carbonyl (C=O) groups excluding carboxylic acids is 4. The number of carboxylic acids is 6. The van der Waals surface area contributed by atoms with Gasteiger partial charge in [-0.1, -0.05) is 18.6 Å². The molecule has 67 heavy (non-hydrogen) atoms. The number of carboxylic acid groups (broad SMARTS) is 6. The smallest absolute Gasteiger partial charge is 0.326 e. The van der Waals surface area contributed by atoms with Crippen LogP contribution < -0.4 is 26.6 Å². The van der Waals surface area contributed by atoms with Gasteiger partial charge in [0.25, 0.3) is 5.91 Å². The lowest BCUT2D eigenvalue weighted by molar-refractivity contribution is -0.141. The minimum absolute atomic E-state index is 0.00141. The van der Waals surface area contributed by atoms with Crippen molar-refractivity contribution in [1.29, 1.82) is 0 Å². The van der Waals surface area contributed by atoms with E-state index in [4.69, 9.17) is 10.2 Å². The number of urea groups is 1. The third-order valence-electron chi connectivity index (χ3n) is 10.5. The van der Waals surface area contributed by atoms with Gasteiger partial charge in [0.2, 0.25) is 11.8 Å². The third kappa shape index (κ3) is 26.3. The number of carbonyl (C=O) groups is 10. The molecule has 1 heterocycles. The van der Waals surface area contributed by atoms with E-state index in [-0.39, 0.29) is 116 Å². The molecule has 0 saturated carbocycles. The van der Waals surface area contributed by atoms with E-state index in [0.717, 1.165) is 5.56 Å². The van der Waals surface area contributed by atoms with Crippen molar-refractivity contribution in [2.75, 3.05) is 91.6 Å². The van der Waals surface area contributed by atoms with Gasteiger partial charge in [0, 0.05) is 90.4 Å². The lowest BCUT2D eigenvalue weighted by Crippen LogP contribution is -2.51. The normalized spacial score (nSPS) is 15.3. The molecule has 0 spiro atoms. The molecular formula is C42H65N9O16. The van der Waals surface area contributed by atoms with Crippen molar-refractivity contribution in [1.82, 2.24) is 46.2 Å². The summed E-state index contributed by atoms with van der Waals surface area (Å²) in [4.78, 5) is 125. The fraction of sp³-hybridized carbons (Fsp3) is 0.619. The number of nitrogens with zero attached hydrogens (tertiary/aromatic N) is 4. The van der Waals surface area contributed by atoms with Gasteiger partial charge in [-0.3, -0.25) is 53.2 Å². The second kappa shape index (κ2) is 31.5. The fourth-order valence-electron chi connectivity index (χ4n) is 6.84. The van der Waals surface area contributed by atoms with E-state index in [1.165, 1.54) is 0 Å². The van der Waals surface area contributed by atoms with Gasteiger partial charge in [0.05, 0.1) is 26.2 Å². The van der Waals surface area contributed by atoms with E-state index in [9.17, 15) is 68.4 Å². The first-order valence-electron chi connectivity index (χ1n) is 22.0. The zero-order chi connectivity index (χ0) is 49.7. The van der Waals surface area contributed by atoms with Gasteiger partial charge in [-0.15, -0.1) is 0 Å². The summed E-state index contributed by atoms with van der Waals surface area (Å²) in [6.07, 6.45) is 1.91. The Morgan fingerprint density at radius 3 is 1.37 bits per heavy atom. The topological polar surface area (TPSA) is 365 Å². The van der Waals surface area contributed by atoms with Crippen LogP contribution in [0.3, 0.4) is 0 Å². The number of hydrogen-bond donors (Lipinski definition) is 11. The Bertz CT molecular complexity index is 1790. The van der Waals surface area contributed by atoms with Crippen molar-refractivity contribution in [3.8, 4) is 0 Å². The summed E-state index contributed by atoms with van der Waals surface area (Å²) in [7, 11) is 0. The number of hydrogen-bond acceptors (Lipinski definition) is 14. The lowest BCUT2D eigenvalue weighted by Gasteiger charge is -2.32. The molecule has 1 fully saturated rings. The Kier molecular flexibility index (Phi) is 26.6. The minimum atomic E-state index is -1.51. The minimum Gasteiger partial charge on any atom is -0.481 e. The van der Waals surface area contributed by atoms with E-state index in [0.29, 0.717) is 57.3 Å². The highest BCUT2D eigenvalue weighted by molar-refractivity contribution is 5.94. The van der Waals surface area contributed by atoms with E-state index in [1.54, 1.807) is 39.0 Å². The van der Waals surface area contributed by atoms with Crippen molar-refractivity contribution in [3.63, 3.8) is 0 Å². The molecule has 0 aliphatic carbocycles. The number of benzene rings is 1. The molecule has 5 amide bonds. The van der Waals surface area contributed by atoms with Gasteiger partial charge in [0.1, 0.15) is 12.1 Å². The largest absolute Gasteiger partial charge is 0.481 e. The van der Waals surface area contributed by atoms with Crippen LogP contribution in [0.15, 0.2) is 24.3 Å². The summed E-state index contributed by atoms with van der Waals surface area (Å²) in [5.74, 6) is -8.02. The molecule has 1 aromatic rings. The summed E-state index contributed by atoms with van der Waals surface area (Å²) in [5.41, 5.74) is 1.14. The summed E-state index contributed by atoms with van der Waals surface area (Å²) < 4.78 is 0. The average Bonchev–Trinajstić information content (AvgIpc) is 3.25. The number of aliphatic carboxylic acids is 6. The van der Waals surface area contributed by atoms with Crippen LogP contribution in [0.5, 0.6) is 0 Å². The molecule has 0 unspecified atom stereocenters. The van der Waals surface area contributed by atoms with Crippen LogP contribution in [0.1, 0.15) is 73.7 Å². The predicted octanol–water partition coefficient (Wildman–Crippen LogP) is -1.57. The maximum absolute atomic E-state index is 13.1. The van der Waals surface area contributed by atoms with Crippen LogP contribution in [0.4, 0.5) is 4.79 Å². The second-order valence-electron chi connectivity index (χ2n) is 16.0. The summed E-state index contributed by atoms with van der Waals surface area (Å²) in [6, 6.07) is 2.76. The average molecular weight is 952 g/mol. The molecular weight excluding hydrogens is 887 g/mol. The van der Waals surface area contributed by atoms with Crippen LogP contribution in [-0.4, -0.2) is 214 Å². The van der Waals surface area contributed by atoms with Gasteiger partial charge < -0.3 is 57.2 Å².